The number of aromatic nitrogens is 3. The molecule has 8 heteroatoms. The largest absolute Gasteiger partial charge is 0.463 e. The lowest BCUT2D eigenvalue weighted by Crippen LogP contribution is -2.13. The van der Waals surface area contributed by atoms with Crippen LogP contribution in [-0.2, 0) is 4.79 Å². The Kier molecular flexibility index (Phi) is 4.50. The molecule has 0 aliphatic heterocycles. The zero-order chi connectivity index (χ0) is 15.2. The lowest BCUT2D eigenvalue weighted by Gasteiger charge is -2.04. The van der Waals surface area contributed by atoms with Crippen LogP contribution in [0.5, 0.6) is 6.01 Å². The Hall–Kier alpha value is -2.90. The second-order valence-corrected chi connectivity index (χ2v) is 4.11. The molecule has 2 rings (SSSR count). The number of ether oxygens (including phenoxy) is 1. The first-order valence-corrected chi connectivity index (χ1v) is 6.32. The Morgan fingerprint density at radius 1 is 1.24 bits per heavy atom. The Labute approximate surface area is 120 Å². The maximum atomic E-state index is 12.0. The minimum atomic E-state index is -0.344. The van der Waals surface area contributed by atoms with E-state index >= 15 is 0 Å². The van der Waals surface area contributed by atoms with E-state index in [-0.39, 0.29) is 23.8 Å². The first-order valence-electron chi connectivity index (χ1n) is 6.32. The Morgan fingerprint density at radius 2 is 1.95 bits per heavy atom. The van der Waals surface area contributed by atoms with Gasteiger partial charge in [-0.3, -0.25) is 14.9 Å². The summed E-state index contributed by atoms with van der Waals surface area (Å²) < 4.78 is 5.08. The fourth-order valence-corrected chi connectivity index (χ4v) is 1.58. The van der Waals surface area contributed by atoms with Crippen molar-refractivity contribution in [2.45, 2.75) is 13.8 Å². The maximum absolute atomic E-state index is 12.0. The molecule has 21 heavy (non-hydrogen) atoms. The molecular formula is C13H15N5O3. The number of rotatable bonds is 5. The molecule has 2 aromatic rings. The zero-order valence-electron chi connectivity index (χ0n) is 11.6. The van der Waals surface area contributed by atoms with E-state index in [1.807, 2.05) is 6.92 Å². The molecule has 0 fully saturated rings. The summed E-state index contributed by atoms with van der Waals surface area (Å²) in [6.07, 6.45) is 0. The van der Waals surface area contributed by atoms with Gasteiger partial charge in [-0.1, -0.05) is 0 Å². The van der Waals surface area contributed by atoms with E-state index in [1.54, 1.807) is 24.3 Å². The molecule has 0 bridgehead atoms. The lowest BCUT2D eigenvalue weighted by atomic mass is 10.2. The summed E-state index contributed by atoms with van der Waals surface area (Å²) in [6, 6.07) is 6.65. The maximum Gasteiger partial charge on any atom is 0.337 e. The van der Waals surface area contributed by atoms with Crippen LogP contribution in [0.2, 0.25) is 0 Å². The van der Waals surface area contributed by atoms with Crippen molar-refractivity contribution in [2.24, 2.45) is 0 Å². The molecule has 1 heterocycles. The molecule has 0 aliphatic rings. The van der Waals surface area contributed by atoms with Crippen molar-refractivity contribution in [3.63, 3.8) is 0 Å². The first-order chi connectivity index (χ1) is 10.1. The predicted octanol–water partition coefficient (Wildman–Crippen LogP) is 1.41. The lowest BCUT2D eigenvalue weighted by molar-refractivity contribution is -0.114. The average molecular weight is 289 g/mol. The van der Waals surface area contributed by atoms with Gasteiger partial charge in [-0.15, -0.1) is 5.10 Å². The molecule has 1 aromatic heterocycles. The number of nitrogens with one attached hydrogen (secondary N) is 3. The van der Waals surface area contributed by atoms with Gasteiger partial charge in [-0.2, -0.15) is 4.98 Å². The Bertz CT molecular complexity index is 636. The molecule has 0 radical (unpaired) electrons. The third-order valence-corrected chi connectivity index (χ3v) is 2.44. The summed E-state index contributed by atoms with van der Waals surface area (Å²) in [5.74, 6) is -0.310. The number of amides is 2. The van der Waals surface area contributed by atoms with Crippen molar-refractivity contribution in [3.8, 4) is 6.01 Å². The third-order valence-electron chi connectivity index (χ3n) is 2.44. The molecule has 0 atom stereocenters. The highest BCUT2D eigenvalue weighted by atomic mass is 16.5. The van der Waals surface area contributed by atoms with Crippen LogP contribution in [0.15, 0.2) is 24.3 Å². The van der Waals surface area contributed by atoms with Crippen LogP contribution < -0.4 is 15.4 Å². The molecule has 110 valence electrons. The van der Waals surface area contributed by atoms with Gasteiger partial charge in [0.1, 0.15) is 0 Å². The minimum absolute atomic E-state index is 0.169. The standard InChI is InChI=1S/C13H15N5O3/c1-3-21-13-16-12(17-18-13)15-11(20)9-4-6-10(7-5-9)14-8(2)19/h4-7H,3H2,1-2H3,(H,14,19)(H2,15,16,17,18,20). The molecule has 1 aromatic carbocycles. The van der Waals surface area contributed by atoms with Gasteiger partial charge in [0.25, 0.3) is 5.91 Å². The summed E-state index contributed by atoms with van der Waals surface area (Å²) >= 11 is 0. The van der Waals surface area contributed by atoms with Gasteiger partial charge < -0.3 is 10.1 Å². The molecule has 0 spiro atoms. The van der Waals surface area contributed by atoms with Crippen LogP contribution in [0.1, 0.15) is 24.2 Å². The van der Waals surface area contributed by atoms with Crippen molar-refractivity contribution < 1.29 is 14.3 Å². The molecule has 0 aliphatic carbocycles. The van der Waals surface area contributed by atoms with E-state index in [2.05, 4.69) is 25.8 Å². The van der Waals surface area contributed by atoms with E-state index in [4.69, 9.17) is 4.74 Å². The van der Waals surface area contributed by atoms with Gasteiger partial charge in [0, 0.05) is 18.2 Å². The molecule has 0 saturated carbocycles. The normalized spacial score (nSPS) is 10.0. The van der Waals surface area contributed by atoms with E-state index in [1.165, 1.54) is 6.92 Å². The zero-order valence-corrected chi connectivity index (χ0v) is 11.6. The van der Waals surface area contributed by atoms with Crippen LogP contribution in [0.3, 0.4) is 0 Å². The molecular weight excluding hydrogens is 274 g/mol. The van der Waals surface area contributed by atoms with Crippen molar-refractivity contribution in [1.82, 2.24) is 15.2 Å². The van der Waals surface area contributed by atoms with Crippen LogP contribution >= 0.6 is 0 Å². The number of carbonyl (C=O) groups excluding carboxylic acids is 2. The Balaban J connectivity index is 2.00. The van der Waals surface area contributed by atoms with Gasteiger partial charge in [0.05, 0.1) is 6.61 Å². The third kappa shape index (κ3) is 4.03. The summed E-state index contributed by atoms with van der Waals surface area (Å²) in [4.78, 5) is 26.8. The van der Waals surface area contributed by atoms with Crippen molar-refractivity contribution in [3.05, 3.63) is 29.8 Å². The fraction of sp³-hybridized carbons (Fsp3) is 0.231. The van der Waals surface area contributed by atoms with Gasteiger partial charge >= 0.3 is 6.01 Å². The summed E-state index contributed by atoms with van der Waals surface area (Å²) in [7, 11) is 0. The topological polar surface area (TPSA) is 109 Å². The number of nitrogens with zero attached hydrogens (tertiary/aromatic N) is 2. The number of H-pyrrole nitrogens is 1. The molecule has 0 saturated heterocycles. The quantitative estimate of drug-likeness (QED) is 0.771. The smallest absolute Gasteiger partial charge is 0.337 e. The van der Waals surface area contributed by atoms with Crippen molar-refractivity contribution in [1.29, 1.82) is 0 Å². The number of anilines is 2. The second kappa shape index (κ2) is 6.51. The Morgan fingerprint density at radius 3 is 2.57 bits per heavy atom. The first kappa shape index (κ1) is 14.5. The highest BCUT2D eigenvalue weighted by Gasteiger charge is 2.10. The van der Waals surface area contributed by atoms with Crippen molar-refractivity contribution in [2.75, 3.05) is 17.2 Å². The van der Waals surface area contributed by atoms with Gasteiger partial charge in [-0.05, 0) is 31.2 Å². The summed E-state index contributed by atoms with van der Waals surface area (Å²) in [6.45, 7) is 3.67. The number of hydrogen-bond donors (Lipinski definition) is 3. The fourth-order valence-electron chi connectivity index (χ4n) is 1.58. The highest BCUT2D eigenvalue weighted by Crippen LogP contribution is 2.12. The SMILES string of the molecule is CCOc1n[nH]c(NC(=O)c2ccc(NC(C)=O)cc2)n1. The molecule has 8 nitrogen and oxygen atoms in total. The minimum Gasteiger partial charge on any atom is -0.463 e. The predicted molar refractivity (Wildman–Crippen MR) is 76.3 cm³/mol. The van der Waals surface area contributed by atoms with E-state index < -0.39 is 0 Å². The average Bonchev–Trinajstić information content (AvgIpc) is 2.86. The van der Waals surface area contributed by atoms with E-state index in [9.17, 15) is 9.59 Å². The van der Waals surface area contributed by atoms with Crippen LogP contribution in [-0.4, -0.2) is 33.6 Å². The van der Waals surface area contributed by atoms with E-state index in [0.29, 0.717) is 17.9 Å². The van der Waals surface area contributed by atoms with Crippen molar-refractivity contribution >= 4 is 23.5 Å². The summed E-state index contributed by atoms with van der Waals surface area (Å²) in [5.41, 5.74) is 1.05. The number of hydrogen-bond acceptors (Lipinski definition) is 5. The van der Waals surface area contributed by atoms with Gasteiger partial charge in [0.15, 0.2) is 0 Å². The van der Waals surface area contributed by atoms with Crippen LogP contribution in [0.4, 0.5) is 11.6 Å². The summed E-state index contributed by atoms with van der Waals surface area (Å²) in [5, 5.41) is 11.5. The molecule has 0 unspecified atom stereocenters. The molecule has 3 N–H and O–H groups in total. The number of benzene rings is 1. The van der Waals surface area contributed by atoms with E-state index in [0.717, 1.165) is 0 Å². The molecule has 2 amide bonds. The second-order valence-electron chi connectivity index (χ2n) is 4.11. The van der Waals surface area contributed by atoms with Gasteiger partial charge in [0.2, 0.25) is 11.9 Å². The van der Waals surface area contributed by atoms with Crippen LogP contribution in [0, 0.1) is 0 Å². The number of aromatic amines is 1. The highest BCUT2D eigenvalue weighted by molar-refractivity contribution is 6.03. The number of carbonyl (C=O) groups is 2. The monoisotopic (exact) mass is 289 g/mol. The van der Waals surface area contributed by atoms with Crippen LogP contribution in [0.25, 0.3) is 0 Å². The van der Waals surface area contributed by atoms with Gasteiger partial charge in [-0.25, -0.2) is 5.10 Å².